The van der Waals surface area contributed by atoms with Crippen LogP contribution < -0.4 is 13.2 Å². The Kier molecular flexibility index (Phi) is 9.68. The molecule has 0 saturated carbocycles. The first kappa shape index (κ1) is 23.6. The molecule has 0 aromatic heterocycles. The molecule has 0 spiro atoms. The van der Waals surface area contributed by atoms with Crippen molar-refractivity contribution in [2.24, 2.45) is 0 Å². The molecule has 0 aliphatic heterocycles. The van der Waals surface area contributed by atoms with Crippen LogP contribution in [-0.4, -0.2) is 13.3 Å². The Morgan fingerprint density at radius 2 is 1.00 bits per heavy atom. The number of benzene rings is 3. The Hall–Kier alpha value is -2.06. The van der Waals surface area contributed by atoms with Crippen LogP contribution in [0.3, 0.4) is 0 Å². The van der Waals surface area contributed by atoms with Crippen molar-refractivity contribution in [3.8, 4) is 0 Å². The third-order valence-corrected chi connectivity index (χ3v) is 16.9. The van der Waals surface area contributed by atoms with Gasteiger partial charge in [-0.15, -0.1) is 0 Å². The summed E-state index contributed by atoms with van der Waals surface area (Å²) in [6, 6.07) is 34.3. The molecule has 0 aliphatic carbocycles. The van der Waals surface area contributed by atoms with Crippen LogP contribution in [0, 0.1) is 0 Å². The zero-order valence-electron chi connectivity index (χ0n) is 19.4. The Labute approximate surface area is 192 Å². The van der Waals surface area contributed by atoms with Gasteiger partial charge in [0, 0.05) is 0 Å². The Morgan fingerprint density at radius 1 is 0.581 bits per heavy atom. The molecule has 3 aromatic carbocycles. The van der Waals surface area contributed by atoms with Crippen LogP contribution in [0.5, 0.6) is 0 Å². The molecule has 0 aliphatic rings. The van der Waals surface area contributed by atoms with Gasteiger partial charge in [0.15, 0.2) is 0 Å². The molecule has 3 rings (SSSR count). The van der Waals surface area contributed by atoms with Crippen molar-refractivity contribution < 1.29 is 0 Å². The zero-order valence-corrected chi connectivity index (χ0v) is 21.5. The quantitative estimate of drug-likeness (QED) is 0.202. The van der Waals surface area contributed by atoms with Crippen molar-refractivity contribution in [1.29, 1.82) is 0 Å². The first-order valence-electron chi connectivity index (χ1n) is 12.2. The van der Waals surface area contributed by atoms with Gasteiger partial charge in [0.25, 0.3) is 0 Å². The fraction of sp³-hybridized carbons (Fsp3) is 0.333. The maximum absolute atomic E-state index is 3.02. The first-order valence-corrected chi connectivity index (χ1v) is 16.4. The van der Waals surface area contributed by atoms with Crippen LogP contribution in [-0.2, 0) is 0 Å². The summed E-state index contributed by atoms with van der Waals surface area (Å²) in [4.78, 5) is 0. The van der Waals surface area contributed by atoms with E-state index in [1.165, 1.54) is 51.4 Å². The van der Waals surface area contributed by atoms with Gasteiger partial charge >= 0.3 is 193 Å². The van der Waals surface area contributed by atoms with Crippen LogP contribution in [0.2, 0.25) is 0 Å². The van der Waals surface area contributed by atoms with Crippen molar-refractivity contribution in [3.05, 3.63) is 101 Å². The van der Waals surface area contributed by atoms with E-state index in [4.69, 9.17) is 0 Å². The molecule has 31 heavy (non-hydrogen) atoms. The molecular formula is C30H38Ge. The number of allylic oxidation sites excluding steroid dienone is 2. The molecule has 0 atom stereocenters. The van der Waals surface area contributed by atoms with Crippen LogP contribution in [0.4, 0.5) is 0 Å². The van der Waals surface area contributed by atoms with E-state index in [1.807, 2.05) is 0 Å². The van der Waals surface area contributed by atoms with Gasteiger partial charge in [0.05, 0.1) is 0 Å². The third-order valence-electron chi connectivity index (χ3n) is 6.35. The standard InChI is InChI=1S/C30H38Ge/c1-3-5-7-12-20-27(19-11-6-4-2)31(28-21-13-8-14-22-28,29-23-15-9-16-24-29)30-25-17-10-18-26-30/h8-10,13-18,20-26H,3-7,11-12,19H2,1-2H3/b27-20-. The normalized spacial score (nSPS) is 12.1. The van der Waals surface area contributed by atoms with Gasteiger partial charge in [-0.2, -0.15) is 0 Å². The minimum atomic E-state index is -3.02. The molecule has 1 heteroatoms. The Morgan fingerprint density at radius 3 is 1.42 bits per heavy atom. The molecule has 0 saturated heterocycles. The van der Waals surface area contributed by atoms with E-state index in [9.17, 15) is 0 Å². The summed E-state index contributed by atoms with van der Waals surface area (Å²) in [6.07, 6.45) is 12.8. The van der Waals surface area contributed by atoms with Crippen molar-refractivity contribution >= 4 is 26.5 Å². The van der Waals surface area contributed by atoms with Gasteiger partial charge in [-0.1, -0.05) is 0 Å². The molecule has 0 unspecified atom stereocenters. The van der Waals surface area contributed by atoms with E-state index in [0.717, 1.165) is 0 Å². The number of hydrogen-bond donors (Lipinski definition) is 0. The molecule has 0 fully saturated rings. The average Bonchev–Trinajstić information content (AvgIpc) is 2.84. The van der Waals surface area contributed by atoms with E-state index in [0.29, 0.717) is 0 Å². The summed E-state index contributed by atoms with van der Waals surface area (Å²) in [5.41, 5.74) is 0. The third kappa shape index (κ3) is 5.80. The molecule has 3 aromatic rings. The Bertz CT molecular complexity index is 800. The molecule has 0 radical (unpaired) electrons. The molecule has 0 heterocycles. The van der Waals surface area contributed by atoms with Crippen LogP contribution >= 0.6 is 0 Å². The van der Waals surface area contributed by atoms with Gasteiger partial charge in [-0.3, -0.25) is 0 Å². The van der Waals surface area contributed by atoms with Crippen molar-refractivity contribution in [2.75, 3.05) is 0 Å². The summed E-state index contributed by atoms with van der Waals surface area (Å²) in [5, 5.41) is 0. The monoisotopic (exact) mass is 472 g/mol. The van der Waals surface area contributed by atoms with Gasteiger partial charge in [-0.05, 0) is 0 Å². The summed E-state index contributed by atoms with van der Waals surface area (Å²) < 4.78 is 6.41. The fourth-order valence-corrected chi connectivity index (χ4v) is 15.7. The van der Waals surface area contributed by atoms with Crippen LogP contribution in [0.25, 0.3) is 0 Å². The SMILES string of the molecule is CCCCC/C=[C](/CCCCC)[Ge]([c]1ccccc1)([c]1ccccc1)[c]1ccccc1. The van der Waals surface area contributed by atoms with Crippen molar-refractivity contribution in [2.45, 2.75) is 65.2 Å². The second kappa shape index (κ2) is 12.7. The molecule has 0 amide bonds. The van der Waals surface area contributed by atoms with Gasteiger partial charge in [0.1, 0.15) is 0 Å². The predicted octanol–water partition coefficient (Wildman–Crippen LogP) is 6.78. The zero-order chi connectivity index (χ0) is 21.8. The molecular weight excluding hydrogens is 433 g/mol. The van der Waals surface area contributed by atoms with E-state index in [2.05, 4.69) is 111 Å². The first-order chi connectivity index (χ1) is 15.3. The average molecular weight is 471 g/mol. The molecule has 0 N–H and O–H groups in total. The molecule has 0 nitrogen and oxygen atoms in total. The summed E-state index contributed by atoms with van der Waals surface area (Å²) in [6.45, 7) is 4.61. The van der Waals surface area contributed by atoms with E-state index >= 15 is 0 Å². The van der Waals surface area contributed by atoms with Gasteiger partial charge in [0.2, 0.25) is 0 Å². The van der Waals surface area contributed by atoms with E-state index in [-0.39, 0.29) is 0 Å². The predicted molar refractivity (Wildman–Crippen MR) is 140 cm³/mol. The van der Waals surface area contributed by atoms with Crippen LogP contribution in [0.15, 0.2) is 101 Å². The minimum absolute atomic E-state index is 1.20. The number of hydrogen-bond acceptors (Lipinski definition) is 0. The number of unbranched alkanes of at least 4 members (excludes halogenated alkanes) is 5. The molecule has 0 bridgehead atoms. The van der Waals surface area contributed by atoms with Crippen LogP contribution in [0.1, 0.15) is 65.2 Å². The summed E-state index contributed by atoms with van der Waals surface area (Å²) >= 11 is -3.02. The topological polar surface area (TPSA) is 0 Å². The maximum atomic E-state index is 2.66. The second-order valence-electron chi connectivity index (χ2n) is 8.53. The van der Waals surface area contributed by atoms with Gasteiger partial charge < -0.3 is 0 Å². The Balaban J connectivity index is 2.25. The van der Waals surface area contributed by atoms with Crippen molar-refractivity contribution in [1.82, 2.24) is 0 Å². The van der Waals surface area contributed by atoms with Crippen molar-refractivity contribution in [3.63, 3.8) is 0 Å². The number of rotatable bonds is 12. The summed E-state index contributed by atoms with van der Waals surface area (Å²) in [7, 11) is 0. The summed E-state index contributed by atoms with van der Waals surface area (Å²) in [5.74, 6) is 0. The second-order valence-corrected chi connectivity index (χ2v) is 16.7. The fourth-order valence-electron chi connectivity index (χ4n) is 4.80. The van der Waals surface area contributed by atoms with Gasteiger partial charge in [-0.25, -0.2) is 0 Å². The molecule has 162 valence electrons. The van der Waals surface area contributed by atoms with E-state index in [1.54, 1.807) is 17.6 Å². The van der Waals surface area contributed by atoms with E-state index < -0.39 is 13.3 Å².